The first-order valence-corrected chi connectivity index (χ1v) is 9.21. The Kier molecular flexibility index (Phi) is 7.55. The van der Waals surface area contributed by atoms with Crippen LogP contribution in [0.5, 0.6) is 0 Å². The minimum atomic E-state index is -0.239. The lowest BCUT2D eigenvalue weighted by molar-refractivity contribution is -0.118. The molecule has 0 bridgehead atoms. The van der Waals surface area contributed by atoms with Crippen LogP contribution in [0, 0.1) is 6.92 Å². The van der Waals surface area contributed by atoms with Crippen molar-refractivity contribution in [1.82, 2.24) is 15.6 Å². The van der Waals surface area contributed by atoms with Gasteiger partial charge in [-0.1, -0.05) is 0 Å². The van der Waals surface area contributed by atoms with Gasteiger partial charge in [-0.2, -0.15) is 0 Å². The van der Waals surface area contributed by atoms with Crippen molar-refractivity contribution in [1.29, 1.82) is 0 Å². The molecule has 8 heteroatoms. The lowest BCUT2D eigenvalue weighted by atomic mass is 10.2. The Morgan fingerprint density at radius 2 is 1.96 bits per heavy atom. The molecular formula is C18H24N4O3S. The second kappa shape index (κ2) is 9.88. The summed E-state index contributed by atoms with van der Waals surface area (Å²) in [5.41, 5.74) is 2.46. The highest BCUT2D eigenvalue weighted by atomic mass is 32.1. The molecule has 140 valence electrons. The van der Waals surface area contributed by atoms with Crippen molar-refractivity contribution < 1.29 is 14.3 Å². The second-order valence-electron chi connectivity index (χ2n) is 5.74. The number of carbonyl (C=O) groups excluding carboxylic acids is 2. The first-order valence-electron chi connectivity index (χ1n) is 8.33. The van der Waals surface area contributed by atoms with E-state index in [-0.39, 0.29) is 11.8 Å². The number of amides is 2. The van der Waals surface area contributed by atoms with E-state index < -0.39 is 0 Å². The fourth-order valence-corrected chi connectivity index (χ4v) is 3.13. The van der Waals surface area contributed by atoms with E-state index in [9.17, 15) is 9.59 Å². The topological polar surface area (TPSA) is 92.3 Å². The van der Waals surface area contributed by atoms with Gasteiger partial charge in [0.2, 0.25) is 5.91 Å². The predicted octanol–water partition coefficient (Wildman–Crippen LogP) is 2.04. The molecule has 0 aliphatic heterocycles. The Bertz CT molecular complexity index is 761. The highest BCUT2D eigenvalue weighted by Crippen LogP contribution is 2.27. The molecule has 0 atom stereocenters. The molecule has 0 saturated heterocycles. The van der Waals surface area contributed by atoms with Crippen LogP contribution in [0.4, 0.5) is 5.82 Å². The summed E-state index contributed by atoms with van der Waals surface area (Å²) in [6, 6.07) is 5.68. The average molecular weight is 376 g/mol. The molecule has 7 nitrogen and oxygen atoms in total. The molecule has 0 aromatic carbocycles. The normalized spacial score (nSPS) is 10.4. The zero-order valence-corrected chi connectivity index (χ0v) is 16.0. The number of carbonyl (C=O) groups is 2. The lowest BCUT2D eigenvalue weighted by Gasteiger charge is -2.13. The number of pyridine rings is 1. The first kappa shape index (κ1) is 19.9. The third-order valence-electron chi connectivity index (χ3n) is 3.51. The lowest BCUT2D eigenvalue weighted by Crippen LogP contribution is -2.34. The number of nitrogens with zero attached hydrogens (tertiary/aromatic N) is 1. The van der Waals surface area contributed by atoms with Crippen LogP contribution in [-0.2, 0) is 9.53 Å². The molecule has 0 saturated carbocycles. The standard InChI is InChI=1S/C18H24N4O3S/c1-12-10-16(26-11-12)15-5-4-14(17(22-15)20-8-9-25-3)18(24)21-7-6-19-13(2)23/h4-5,10-11H,6-9H2,1-3H3,(H,19,23)(H,20,22)(H,21,24). The van der Waals surface area contributed by atoms with Gasteiger partial charge in [0, 0.05) is 33.7 Å². The van der Waals surface area contributed by atoms with Crippen LogP contribution in [-0.4, -0.2) is 50.1 Å². The maximum absolute atomic E-state index is 12.5. The van der Waals surface area contributed by atoms with Gasteiger partial charge in [-0.05, 0) is 36.1 Å². The van der Waals surface area contributed by atoms with Crippen LogP contribution in [0.3, 0.4) is 0 Å². The Morgan fingerprint density at radius 3 is 2.62 bits per heavy atom. The molecule has 0 spiro atoms. The van der Waals surface area contributed by atoms with Gasteiger partial charge >= 0.3 is 0 Å². The van der Waals surface area contributed by atoms with E-state index in [2.05, 4.69) is 32.4 Å². The van der Waals surface area contributed by atoms with Crippen molar-refractivity contribution in [3.8, 4) is 10.6 Å². The third kappa shape index (κ3) is 5.82. The molecule has 3 N–H and O–H groups in total. The zero-order valence-electron chi connectivity index (χ0n) is 15.2. The largest absolute Gasteiger partial charge is 0.383 e. The van der Waals surface area contributed by atoms with Crippen LogP contribution >= 0.6 is 11.3 Å². The number of aryl methyl sites for hydroxylation is 1. The number of thiophene rings is 1. The van der Waals surface area contributed by atoms with Gasteiger partial charge in [-0.25, -0.2) is 4.98 Å². The van der Waals surface area contributed by atoms with E-state index in [0.717, 1.165) is 10.6 Å². The molecule has 2 amide bonds. The van der Waals surface area contributed by atoms with E-state index in [1.807, 2.05) is 13.0 Å². The van der Waals surface area contributed by atoms with Gasteiger partial charge in [-0.3, -0.25) is 9.59 Å². The molecule has 2 aromatic rings. The molecular weight excluding hydrogens is 352 g/mol. The molecule has 2 aromatic heterocycles. The number of methoxy groups -OCH3 is 1. The molecule has 2 heterocycles. The highest BCUT2D eigenvalue weighted by Gasteiger charge is 2.14. The fraction of sp³-hybridized carbons (Fsp3) is 0.389. The maximum Gasteiger partial charge on any atom is 0.255 e. The number of anilines is 1. The zero-order chi connectivity index (χ0) is 18.9. The van der Waals surface area contributed by atoms with Gasteiger partial charge in [-0.15, -0.1) is 11.3 Å². The van der Waals surface area contributed by atoms with E-state index >= 15 is 0 Å². The number of rotatable bonds is 9. The first-order chi connectivity index (χ1) is 12.5. The Hall–Kier alpha value is -2.45. The number of nitrogens with one attached hydrogen (secondary N) is 3. The predicted molar refractivity (Wildman–Crippen MR) is 104 cm³/mol. The van der Waals surface area contributed by atoms with E-state index in [1.165, 1.54) is 12.5 Å². The van der Waals surface area contributed by atoms with Gasteiger partial charge in [0.1, 0.15) is 5.82 Å². The van der Waals surface area contributed by atoms with Gasteiger partial charge in [0.05, 0.1) is 22.7 Å². The summed E-state index contributed by atoms with van der Waals surface area (Å²) in [6.45, 7) is 5.26. The van der Waals surface area contributed by atoms with Crippen LogP contribution in [0.25, 0.3) is 10.6 Å². The molecule has 0 radical (unpaired) electrons. The fourth-order valence-electron chi connectivity index (χ4n) is 2.26. The van der Waals surface area contributed by atoms with Crippen LogP contribution < -0.4 is 16.0 Å². The monoisotopic (exact) mass is 376 g/mol. The highest BCUT2D eigenvalue weighted by molar-refractivity contribution is 7.13. The summed E-state index contributed by atoms with van der Waals surface area (Å²) in [5, 5.41) is 10.7. The second-order valence-corrected chi connectivity index (χ2v) is 6.65. The van der Waals surface area contributed by atoms with Gasteiger partial charge < -0.3 is 20.7 Å². The molecule has 0 unspecified atom stereocenters. The van der Waals surface area contributed by atoms with E-state index in [4.69, 9.17) is 4.74 Å². The van der Waals surface area contributed by atoms with Crippen molar-refractivity contribution in [2.45, 2.75) is 13.8 Å². The Morgan fingerprint density at radius 1 is 1.19 bits per heavy atom. The number of hydrogen-bond donors (Lipinski definition) is 3. The van der Waals surface area contributed by atoms with E-state index in [0.29, 0.717) is 37.6 Å². The molecule has 0 aliphatic rings. The summed E-state index contributed by atoms with van der Waals surface area (Å²) in [4.78, 5) is 29.0. The molecule has 26 heavy (non-hydrogen) atoms. The summed E-state index contributed by atoms with van der Waals surface area (Å²) in [7, 11) is 1.62. The Labute approximate surface area is 157 Å². The smallest absolute Gasteiger partial charge is 0.255 e. The Balaban J connectivity index is 2.14. The van der Waals surface area contributed by atoms with Crippen LogP contribution in [0.15, 0.2) is 23.6 Å². The van der Waals surface area contributed by atoms with E-state index in [1.54, 1.807) is 24.5 Å². The van der Waals surface area contributed by atoms with Crippen LogP contribution in [0.2, 0.25) is 0 Å². The van der Waals surface area contributed by atoms with Gasteiger partial charge in [0.15, 0.2) is 0 Å². The van der Waals surface area contributed by atoms with Crippen molar-refractivity contribution in [2.24, 2.45) is 0 Å². The number of ether oxygens (including phenoxy) is 1. The third-order valence-corrected chi connectivity index (χ3v) is 4.58. The molecule has 2 rings (SSSR count). The summed E-state index contributed by atoms with van der Waals surface area (Å²) < 4.78 is 5.06. The quantitative estimate of drug-likeness (QED) is 0.583. The minimum absolute atomic E-state index is 0.126. The van der Waals surface area contributed by atoms with Crippen molar-refractivity contribution >= 4 is 29.0 Å². The maximum atomic E-state index is 12.5. The molecule has 0 fully saturated rings. The van der Waals surface area contributed by atoms with Crippen molar-refractivity contribution in [3.63, 3.8) is 0 Å². The number of aromatic nitrogens is 1. The van der Waals surface area contributed by atoms with Gasteiger partial charge in [0.25, 0.3) is 5.91 Å². The minimum Gasteiger partial charge on any atom is -0.383 e. The van der Waals surface area contributed by atoms with Crippen molar-refractivity contribution in [2.75, 3.05) is 38.7 Å². The number of hydrogen-bond acceptors (Lipinski definition) is 6. The summed E-state index contributed by atoms with van der Waals surface area (Å²) >= 11 is 1.62. The van der Waals surface area contributed by atoms with Crippen LogP contribution in [0.1, 0.15) is 22.8 Å². The average Bonchev–Trinajstić information content (AvgIpc) is 3.05. The van der Waals surface area contributed by atoms with Crippen molar-refractivity contribution in [3.05, 3.63) is 34.7 Å². The molecule has 0 aliphatic carbocycles. The summed E-state index contributed by atoms with van der Waals surface area (Å²) in [5.74, 6) is 0.151. The summed E-state index contributed by atoms with van der Waals surface area (Å²) in [6.07, 6.45) is 0. The SMILES string of the molecule is COCCNc1nc(-c2cc(C)cs2)ccc1C(=O)NCCNC(C)=O.